The third-order valence-electron chi connectivity index (χ3n) is 0. The average molecular weight is 59.0 g/mol. The van der Waals surface area contributed by atoms with Crippen molar-refractivity contribution in [3.05, 3.63) is 17.2 Å². The van der Waals surface area contributed by atoms with Gasteiger partial charge in [0.25, 0.3) is 0 Å². The normalized spacial score (nSPS) is 6.25. The minimum absolute atomic E-state index is 1.00. The van der Waals surface area contributed by atoms with Gasteiger partial charge in [0.05, 0.1) is 0 Å². The van der Waals surface area contributed by atoms with E-state index in [-0.39, 0.29) is 0 Å². The lowest BCUT2D eigenvalue weighted by Crippen LogP contribution is -1.74. The summed E-state index contributed by atoms with van der Waals surface area (Å²) in [7, 11) is 3.83. The Morgan fingerprint density at radius 3 is 2.00 bits per heavy atom. The second-order valence-corrected chi connectivity index (χ2v) is 0.285. The second kappa shape index (κ2) is 0.817. The van der Waals surface area contributed by atoms with Gasteiger partial charge in [-0.05, 0) is 0 Å². The fourth-order valence-electron chi connectivity index (χ4n) is 0. The van der Waals surface area contributed by atoms with Crippen molar-refractivity contribution in [3.63, 3.8) is 0 Å². The molecule has 3 nitrogen and oxygen atoms in total. The van der Waals surface area contributed by atoms with Crippen molar-refractivity contribution in [2.75, 3.05) is 0 Å². The predicted octanol–water partition coefficient (Wildman–Crippen LogP) is -0.0683. The Hall–Kier alpha value is -0.600. The Morgan fingerprint density at radius 2 is 2.00 bits per heavy atom. The highest BCUT2D eigenvalue weighted by molar-refractivity contribution is 3.99. The Kier molecular flexibility index (Phi) is 0.694. The van der Waals surface area contributed by atoms with Crippen molar-refractivity contribution < 1.29 is 4.92 Å². The standard InChI is InChI=1S/CHNO2/c1-2(3)4/h1H. The molecule has 0 aromatic rings. The van der Waals surface area contributed by atoms with E-state index in [1.165, 1.54) is 0 Å². The van der Waals surface area contributed by atoms with E-state index in [1.54, 1.807) is 0 Å². The van der Waals surface area contributed by atoms with Crippen LogP contribution in [-0.4, -0.2) is 4.92 Å². The number of hydrogen-bond acceptors (Lipinski definition) is 2. The maximum Gasteiger partial charge on any atom is 0.359 e. The van der Waals surface area contributed by atoms with E-state index in [1.807, 2.05) is 0 Å². The van der Waals surface area contributed by atoms with Crippen LogP contribution < -0.4 is 0 Å². The van der Waals surface area contributed by atoms with Crippen molar-refractivity contribution in [3.8, 4) is 0 Å². The molecule has 0 bridgehead atoms. The SMILES string of the molecule is [CH][N+](=O)[O-]. The fourth-order valence-corrected chi connectivity index (χ4v) is 0. The van der Waals surface area contributed by atoms with Gasteiger partial charge in [-0.15, -0.1) is 0 Å². The summed E-state index contributed by atoms with van der Waals surface area (Å²) in [6.07, 6.45) is 0. The molecule has 0 atom stereocenters. The van der Waals surface area contributed by atoms with Crippen molar-refractivity contribution in [1.82, 2.24) is 0 Å². The van der Waals surface area contributed by atoms with Crippen LogP contribution in [0.4, 0.5) is 0 Å². The molecule has 0 aromatic carbocycles. The molecule has 0 N–H and O–H groups in total. The minimum atomic E-state index is -1.00. The zero-order chi connectivity index (χ0) is 3.58. The fraction of sp³-hybridized carbons (Fsp3) is 0. The van der Waals surface area contributed by atoms with Gasteiger partial charge in [0.2, 0.25) is 0 Å². The topological polar surface area (TPSA) is 43.1 Å². The third-order valence-corrected chi connectivity index (χ3v) is 0. The molecule has 0 heterocycles. The zero-order valence-corrected chi connectivity index (χ0v) is 1.84. The summed E-state index contributed by atoms with van der Waals surface area (Å²) in [5, 5.41) is 8.58. The highest BCUT2D eigenvalue weighted by atomic mass is 16.6. The molecule has 0 unspecified atom stereocenters. The Balaban J connectivity index is 2.80. The molecule has 4 heavy (non-hydrogen) atoms. The second-order valence-electron chi connectivity index (χ2n) is 0.285. The maximum absolute atomic E-state index is 8.58. The van der Waals surface area contributed by atoms with E-state index in [2.05, 4.69) is 7.05 Å². The lowest BCUT2D eigenvalue weighted by Gasteiger charge is -1.60. The van der Waals surface area contributed by atoms with Crippen molar-refractivity contribution in [1.29, 1.82) is 0 Å². The van der Waals surface area contributed by atoms with E-state index >= 15 is 0 Å². The van der Waals surface area contributed by atoms with Gasteiger partial charge in [0, 0.05) is 4.92 Å². The van der Waals surface area contributed by atoms with Crippen LogP contribution in [-0.2, 0) is 0 Å². The number of nitro groups is 1. The summed E-state index contributed by atoms with van der Waals surface area (Å²) in [6, 6.07) is 0. The molecular formula is CHNO2. The van der Waals surface area contributed by atoms with Crippen LogP contribution in [0.25, 0.3) is 0 Å². The van der Waals surface area contributed by atoms with Gasteiger partial charge >= 0.3 is 7.05 Å². The first-order valence-corrected chi connectivity index (χ1v) is 0.623. The van der Waals surface area contributed by atoms with Crippen LogP contribution in [0.2, 0.25) is 0 Å². The third kappa shape index (κ3) is 0.622. The van der Waals surface area contributed by atoms with Gasteiger partial charge in [-0.1, -0.05) is 0 Å². The smallest absolute Gasteiger partial charge is 0.264 e. The van der Waals surface area contributed by atoms with Crippen molar-refractivity contribution in [2.24, 2.45) is 0 Å². The Bertz CT molecular complexity index is 29.0. The van der Waals surface area contributed by atoms with Crippen LogP contribution in [0.5, 0.6) is 0 Å². The van der Waals surface area contributed by atoms with Crippen molar-refractivity contribution >= 4 is 0 Å². The quantitative estimate of drug-likeness (QED) is 0.223. The summed E-state index contributed by atoms with van der Waals surface area (Å²) >= 11 is 0. The summed E-state index contributed by atoms with van der Waals surface area (Å²) < 4.78 is 0. The van der Waals surface area contributed by atoms with E-state index in [9.17, 15) is 0 Å². The summed E-state index contributed by atoms with van der Waals surface area (Å²) in [6.45, 7) is 0. The zero-order valence-electron chi connectivity index (χ0n) is 1.84. The molecule has 2 radical (unpaired) electrons. The van der Waals surface area contributed by atoms with Gasteiger partial charge < -0.3 is 0 Å². The van der Waals surface area contributed by atoms with Gasteiger partial charge in [-0.25, -0.2) is 0 Å². The van der Waals surface area contributed by atoms with E-state index in [4.69, 9.17) is 10.1 Å². The molecule has 0 aliphatic rings. The molecule has 22 valence electrons. The van der Waals surface area contributed by atoms with Crippen LogP contribution in [0.1, 0.15) is 0 Å². The molecule has 0 aromatic heterocycles. The highest BCUT2D eigenvalue weighted by Gasteiger charge is 1.62. The lowest BCUT2D eigenvalue weighted by molar-refractivity contribution is -0.410. The summed E-state index contributed by atoms with van der Waals surface area (Å²) in [4.78, 5) is 7.58. The molecule has 3 heteroatoms. The van der Waals surface area contributed by atoms with E-state index in [0.29, 0.717) is 0 Å². The van der Waals surface area contributed by atoms with Crippen molar-refractivity contribution in [2.45, 2.75) is 0 Å². The average Bonchev–Trinajstić information content (AvgIpc) is 0.811. The number of rotatable bonds is 0. The molecule has 0 saturated heterocycles. The van der Waals surface area contributed by atoms with E-state index < -0.39 is 4.92 Å². The van der Waals surface area contributed by atoms with Crippen LogP contribution >= 0.6 is 0 Å². The summed E-state index contributed by atoms with van der Waals surface area (Å²) in [5.74, 6) is 0. The lowest BCUT2D eigenvalue weighted by atomic mass is 11.5. The molecule has 0 amide bonds. The molecule has 0 spiro atoms. The van der Waals surface area contributed by atoms with Gasteiger partial charge in [-0.2, -0.15) is 0 Å². The molecular weight excluding hydrogens is 58.0 g/mol. The predicted molar refractivity (Wildman–Crippen MR) is 11.3 cm³/mol. The first-order valence-electron chi connectivity index (χ1n) is 0.623. The Morgan fingerprint density at radius 1 is 2.00 bits per heavy atom. The first-order chi connectivity index (χ1) is 1.73. The van der Waals surface area contributed by atoms with Crippen LogP contribution in [0, 0.1) is 17.2 Å². The van der Waals surface area contributed by atoms with Gasteiger partial charge in [-0.3, -0.25) is 10.1 Å². The molecule has 0 aliphatic carbocycles. The van der Waals surface area contributed by atoms with Crippen LogP contribution in [0.15, 0.2) is 0 Å². The molecule has 0 aliphatic heterocycles. The van der Waals surface area contributed by atoms with Gasteiger partial charge in [0.1, 0.15) is 0 Å². The molecule has 0 saturated carbocycles. The van der Waals surface area contributed by atoms with Crippen LogP contribution in [0.3, 0.4) is 0 Å². The first kappa shape index (κ1) is 3.40. The molecule has 0 rings (SSSR count). The Labute approximate surface area is 23.4 Å². The minimum Gasteiger partial charge on any atom is -0.264 e. The highest BCUT2D eigenvalue weighted by Crippen LogP contribution is 1.45. The monoisotopic (exact) mass is 59.0 g/mol. The maximum atomic E-state index is 8.58. The van der Waals surface area contributed by atoms with E-state index in [0.717, 1.165) is 0 Å². The summed E-state index contributed by atoms with van der Waals surface area (Å²) in [5.41, 5.74) is 0. The van der Waals surface area contributed by atoms with Gasteiger partial charge in [0.15, 0.2) is 0 Å². The molecule has 0 fully saturated rings. The number of nitrogens with zero attached hydrogens (tertiary/aromatic N) is 1. The largest absolute Gasteiger partial charge is 0.359 e. The number of hydrogen-bond donors (Lipinski definition) is 0.